The molecule has 0 atom stereocenters. The summed E-state index contributed by atoms with van der Waals surface area (Å²) in [5, 5.41) is 3.57. The zero-order valence-corrected chi connectivity index (χ0v) is 5.41. The average Bonchev–Trinajstić information content (AvgIpc) is 2.59. The second kappa shape index (κ2) is 2.17. The standard InChI is InChI=1S/C7H7NO2/c1-2-6(9-5-1)7-3-4-8-10-7/h2-4H,1,5H2. The third-order valence-corrected chi connectivity index (χ3v) is 1.39. The molecule has 0 saturated heterocycles. The highest BCUT2D eigenvalue weighted by atomic mass is 16.5. The second-order valence-corrected chi connectivity index (χ2v) is 2.08. The van der Waals surface area contributed by atoms with Gasteiger partial charge in [0.05, 0.1) is 12.8 Å². The van der Waals surface area contributed by atoms with Gasteiger partial charge in [-0.25, -0.2) is 0 Å². The van der Waals surface area contributed by atoms with E-state index in [9.17, 15) is 0 Å². The quantitative estimate of drug-likeness (QED) is 0.587. The lowest BCUT2D eigenvalue weighted by molar-refractivity contribution is 0.288. The van der Waals surface area contributed by atoms with E-state index in [4.69, 9.17) is 9.26 Å². The lowest BCUT2D eigenvalue weighted by Gasteiger charge is -1.95. The fraction of sp³-hybridized carbons (Fsp3) is 0.286. The molecule has 1 aromatic heterocycles. The second-order valence-electron chi connectivity index (χ2n) is 2.08. The first-order chi connectivity index (χ1) is 4.97. The van der Waals surface area contributed by atoms with E-state index in [2.05, 4.69) is 5.16 Å². The van der Waals surface area contributed by atoms with E-state index < -0.39 is 0 Å². The summed E-state index contributed by atoms with van der Waals surface area (Å²) in [5.74, 6) is 1.54. The lowest BCUT2D eigenvalue weighted by Crippen LogP contribution is -1.81. The summed E-state index contributed by atoms with van der Waals surface area (Å²) in [6.45, 7) is 0.760. The van der Waals surface area contributed by atoms with Crippen molar-refractivity contribution < 1.29 is 9.26 Å². The summed E-state index contributed by atoms with van der Waals surface area (Å²) in [6.07, 6.45) is 4.58. The van der Waals surface area contributed by atoms with Crippen molar-refractivity contribution in [2.75, 3.05) is 6.61 Å². The minimum absolute atomic E-state index is 0.720. The van der Waals surface area contributed by atoms with Crippen molar-refractivity contribution in [2.24, 2.45) is 0 Å². The number of ether oxygens (including phenoxy) is 1. The van der Waals surface area contributed by atoms with E-state index in [1.807, 2.05) is 6.08 Å². The van der Waals surface area contributed by atoms with Crippen LogP contribution < -0.4 is 0 Å². The fourth-order valence-electron chi connectivity index (χ4n) is 0.932. The van der Waals surface area contributed by atoms with Gasteiger partial charge in [0.25, 0.3) is 0 Å². The molecule has 0 N–H and O–H groups in total. The van der Waals surface area contributed by atoms with Crippen molar-refractivity contribution in [2.45, 2.75) is 6.42 Å². The number of hydrogen-bond acceptors (Lipinski definition) is 3. The first kappa shape index (κ1) is 5.53. The smallest absolute Gasteiger partial charge is 0.201 e. The van der Waals surface area contributed by atoms with Crippen molar-refractivity contribution >= 4 is 5.76 Å². The molecule has 3 heteroatoms. The molecule has 2 rings (SSSR count). The predicted octanol–water partition coefficient (Wildman–Crippen LogP) is 1.44. The van der Waals surface area contributed by atoms with Crippen LogP contribution in [0.5, 0.6) is 0 Å². The van der Waals surface area contributed by atoms with Crippen LogP contribution in [0.2, 0.25) is 0 Å². The van der Waals surface area contributed by atoms with E-state index in [-0.39, 0.29) is 0 Å². The van der Waals surface area contributed by atoms with Crippen LogP contribution in [0.4, 0.5) is 0 Å². The normalized spacial score (nSPS) is 16.6. The van der Waals surface area contributed by atoms with Crippen LogP contribution in [0.25, 0.3) is 5.76 Å². The summed E-state index contributed by atoms with van der Waals surface area (Å²) in [5.41, 5.74) is 0. The third-order valence-electron chi connectivity index (χ3n) is 1.39. The van der Waals surface area contributed by atoms with E-state index >= 15 is 0 Å². The van der Waals surface area contributed by atoms with Crippen LogP contribution in [-0.4, -0.2) is 11.8 Å². The van der Waals surface area contributed by atoms with Crippen LogP contribution in [-0.2, 0) is 4.74 Å². The maximum Gasteiger partial charge on any atom is 0.201 e. The van der Waals surface area contributed by atoms with E-state index in [0.717, 1.165) is 24.5 Å². The molecule has 0 aliphatic carbocycles. The number of nitrogens with zero attached hydrogens (tertiary/aromatic N) is 1. The minimum atomic E-state index is 0.720. The third kappa shape index (κ3) is 0.795. The molecule has 0 saturated carbocycles. The topological polar surface area (TPSA) is 35.3 Å². The van der Waals surface area contributed by atoms with E-state index in [1.165, 1.54) is 0 Å². The Kier molecular flexibility index (Phi) is 1.20. The van der Waals surface area contributed by atoms with Crippen molar-refractivity contribution in [3.8, 4) is 0 Å². The zero-order chi connectivity index (χ0) is 6.81. The number of hydrogen-bond donors (Lipinski definition) is 0. The molecule has 0 aromatic carbocycles. The molecule has 0 amide bonds. The summed E-state index contributed by atoms with van der Waals surface area (Å²) in [7, 11) is 0. The van der Waals surface area contributed by atoms with Gasteiger partial charge in [0.2, 0.25) is 5.76 Å². The summed E-state index contributed by atoms with van der Waals surface area (Å²) < 4.78 is 10.1. The van der Waals surface area contributed by atoms with Gasteiger partial charge in [0, 0.05) is 12.5 Å². The molecule has 0 fully saturated rings. The van der Waals surface area contributed by atoms with Crippen LogP contribution in [0.3, 0.4) is 0 Å². The van der Waals surface area contributed by atoms with Gasteiger partial charge in [0.1, 0.15) is 0 Å². The van der Waals surface area contributed by atoms with Gasteiger partial charge in [0.15, 0.2) is 5.76 Å². The van der Waals surface area contributed by atoms with Crippen LogP contribution in [0, 0.1) is 0 Å². The maximum absolute atomic E-state index is 5.22. The minimum Gasteiger partial charge on any atom is -0.490 e. The van der Waals surface area contributed by atoms with Gasteiger partial charge in [-0.15, -0.1) is 0 Å². The Balaban J connectivity index is 2.28. The largest absolute Gasteiger partial charge is 0.490 e. The SMILES string of the molecule is C1=C(c2ccno2)OCC1. The van der Waals surface area contributed by atoms with Gasteiger partial charge < -0.3 is 9.26 Å². The molecule has 1 aliphatic rings. The fourth-order valence-corrected chi connectivity index (χ4v) is 0.932. The Labute approximate surface area is 58.3 Å². The maximum atomic E-state index is 5.22. The zero-order valence-electron chi connectivity index (χ0n) is 5.41. The average molecular weight is 137 g/mol. The molecule has 1 aliphatic heterocycles. The van der Waals surface area contributed by atoms with E-state index in [1.54, 1.807) is 12.3 Å². The van der Waals surface area contributed by atoms with Crippen molar-refractivity contribution in [1.82, 2.24) is 5.16 Å². The molecule has 0 unspecified atom stereocenters. The molecular formula is C7H7NO2. The summed E-state index contributed by atoms with van der Waals surface area (Å²) >= 11 is 0. The van der Waals surface area contributed by atoms with Gasteiger partial charge in [-0.05, 0) is 6.08 Å². The summed E-state index contributed by atoms with van der Waals surface area (Å²) in [4.78, 5) is 0. The molecule has 10 heavy (non-hydrogen) atoms. The predicted molar refractivity (Wildman–Crippen MR) is 35.0 cm³/mol. The first-order valence-electron chi connectivity index (χ1n) is 3.21. The van der Waals surface area contributed by atoms with Crippen molar-refractivity contribution in [3.05, 3.63) is 24.1 Å². The lowest BCUT2D eigenvalue weighted by atomic mass is 10.3. The van der Waals surface area contributed by atoms with E-state index in [0.29, 0.717) is 0 Å². The van der Waals surface area contributed by atoms with Gasteiger partial charge in [-0.2, -0.15) is 0 Å². The molecule has 1 aromatic rings. The van der Waals surface area contributed by atoms with Crippen molar-refractivity contribution in [1.29, 1.82) is 0 Å². The Morgan fingerprint density at radius 1 is 1.50 bits per heavy atom. The Morgan fingerprint density at radius 2 is 2.50 bits per heavy atom. The highest BCUT2D eigenvalue weighted by Gasteiger charge is 2.10. The molecule has 52 valence electrons. The number of rotatable bonds is 1. The molecule has 3 nitrogen and oxygen atoms in total. The Bertz CT molecular complexity index is 238. The van der Waals surface area contributed by atoms with Crippen molar-refractivity contribution in [3.63, 3.8) is 0 Å². The molecule has 0 radical (unpaired) electrons. The van der Waals surface area contributed by atoms with Crippen LogP contribution in [0.15, 0.2) is 22.9 Å². The molecule has 2 heterocycles. The van der Waals surface area contributed by atoms with Crippen LogP contribution in [0.1, 0.15) is 12.2 Å². The molecule has 0 spiro atoms. The highest BCUT2D eigenvalue weighted by molar-refractivity contribution is 5.55. The first-order valence-corrected chi connectivity index (χ1v) is 3.21. The Hall–Kier alpha value is -1.25. The van der Waals surface area contributed by atoms with Crippen LogP contribution >= 0.6 is 0 Å². The molecule has 0 bridgehead atoms. The summed E-state index contributed by atoms with van der Waals surface area (Å²) in [6, 6.07) is 1.79. The van der Waals surface area contributed by atoms with Gasteiger partial charge in [-0.1, -0.05) is 5.16 Å². The molecular weight excluding hydrogens is 130 g/mol. The monoisotopic (exact) mass is 137 g/mol. The highest BCUT2D eigenvalue weighted by Crippen LogP contribution is 2.20. The van der Waals surface area contributed by atoms with Gasteiger partial charge in [-0.3, -0.25) is 0 Å². The van der Waals surface area contributed by atoms with Gasteiger partial charge >= 0.3 is 0 Å². The Morgan fingerprint density at radius 3 is 3.10 bits per heavy atom. The number of aromatic nitrogens is 1.